The van der Waals surface area contributed by atoms with Gasteiger partial charge in [0.05, 0.1) is 17.5 Å². The molecule has 2 aromatic rings. The molecule has 0 N–H and O–H groups in total. The molecule has 0 bridgehead atoms. The van der Waals surface area contributed by atoms with Gasteiger partial charge in [-0.1, -0.05) is 28.1 Å². The molecule has 1 aromatic carbocycles. The number of hydrogen-bond acceptors (Lipinski definition) is 4. The molecule has 0 atom stereocenters. The van der Waals surface area contributed by atoms with Crippen molar-refractivity contribution in [3.8, 4) is 11.3 Å². The predicted molar refractivity (Wildman–Crippen MR) is 81.2 cm³/mol. The SMILES string of the molecule is COC1CN(Cc2ccc(-c3ccc(Br)cc3)nn2)C1. The molecular weight excluding hydrogens is 318 g/mol. The van der Waals surface area contributed by atoms with E-state index in [1.165, 1.54) is 0 Å². The monoisotopic (exact) mass is 333 g/mol. The van der Waals surface area contributed by atoms with Crippen LogP contribution in [0.4, 0.5) is 0 Å². The van der Waals surface area contributed by atoms with Crippen molar-refractivity contribution in [2.24, 2.45) is 0 Å². The number of methoxy groups -OCH3 is 1. The molecule has 0 spiro atoms. The van der Waals surface area contributed by atoms with E-state index in [0.29, 0.717) is 6.10 Å². The number of aromatic nitrogens is 2. The molecule has 0 amide bonds. The van der Waals surface area contributed by atoms with Crippen molar-refractivity contribution in [3.63, 3.8) is 0 Å². The molecule has 2 heterocycles. The molecule has 1 aliphatic heterocycles. The molecule has 0 aliphatic carbocycles. The molecule has 1 saturated heterocycles. The van der Waals surface area contributed by atoms with Crippen molar-refractivity contribution in [1.82, 2.24) is 15.1 Å². The van der Waals surface area contributed by atoms with E-state index in [2.05, 4.69) is 31.0 Å². The average Bonchev–Trinajstić information content (AvgIpc) is 2.44. The lowest BCUT2D eigenvalue weighted by Crippen LogP contribution is -2.51. The Labute approximate surface area is 126 Å². The topological polar surface area (TPSA) is 38.2 Å². The van der Waals surface area contributed by atoms with Gasteiger partial charge in [0.2, 0.25) is 0 Å². The zero-order chi connectivity index (χ0) is 13.9. The fourth-order valence-electron chi connectivity index (χ4n) is 2.25. The second-order valence-corrected chi connectivity index (χ2v) is 5.88. The van der Waals surface area contributed by atoms with Crippen LogP contribution < -0.4 is 0 Å². The minimum atomic E-state index is 0.380. The van der Waals surface area contributed by atoms with E-state index in [-0.39, 0.29) is 0 Å². The number of ether oxygens (including phenoxy) is 1. The van der Waals surface area contributed by atoms with Gasteiger partial charge < -0.3 is 4.74 Å². The Bertz CT molecular complexity index is 565. The number of rotatable bonds is 4. The third-order valence-corrected chi connectivity index (χ3v) is 4.03. The van der Waals surface area contributed by atoms with Crippen molar-refractivity contribution in [2.45, 2.75) is 12.6 Å². The van der Waals surface area contributed by atoms with Crippen LogP contribution in [0.1, 0.15) is 5.69 Å². The third-order valence-electron chi connectivity index (χ3n) is 3.50. The van der Waals surface area contributed by atoms with E-state index in [4.69, 9.17) is 4.74 Å². The van der Waals surface area contributed by atoms with Gasteiger partial charge in [-0.15, -0.1) is 0 Å². The first-order valence-electron chi connectivity index (χ1n) is 6.58. The Morgan fingerprint density at radius 1 is 1.15 bits per heavy atom. The van der Waals surface area contributed by atoms with Gasteiger partial charge in [0.25, 0.3) is 0 Å². The van der Waals surface area contributed by atoms with Crippen LogP contribution >= 0.6 is 15.9 Å². The summed E-state index contributed by atoms with van der Waals surface area (Å²) in [5.74, 6) is 0. The van der Waals surface area contributed by atoms with Gasteiger partial charge in [-0.05, 0) is 24.3 Å². The molecule has 1 aliphatic rings. The van der Waals surface area contributed by atoms with Crippen molar-refractivity contribution >= 4 is 15.9 Å². The number of halogens is 1. The highest BCUT2D eigenvalue weighted by molar-refractivity contribution is 9.10. The van der Waals surface area contributed by atoms with Crippen molar-refractivity contribution in [3.05, 3.63) is 46.6 Å². The zero-order valence-corrected chi connectivity index (χ0v) is 12.9. The molecule has 0 saturated carbocycles. The fourth-order valence-corrected chi connectivity index (χ4v) is 2.51. The number of likely N-dealkylation sites (tertiary alicyclic amines) is 1. The van der Waals surface area contributed by atoms with Gasteiger partial charge in [0.15, 0.2) is 0 Å². The van der Waals surface area contributed by atoms with Crippen LogP contribution in [0.15, 0.2) is 40.9 Å². The molecular formula is C15H16BrN3O. The van der Waals surface area contributed by atoms with E-state index >= 15 is 0 Å². The number of benzene rings is 1. The Morgan fingerprint density at radius 2 is 1.90 bits per heavy atom. The maximum atomic E-state index is 5.26. The summed E-state index contributed by atoms with van der Waals surface area (Å²) in [5, 5.41) is 8.61. The van der Waals surface area contributed by atoms with Crippen LogP contribution in [-0.2, 0) is 11.3 Å². The van der Waals surface area contributed by atoms with Crippen LogP contribution in [0, 0.1) is 0 Å². The quantitative estimate of drug-likeness (QED) is 0.862. The zero-order valence-electron chi connectivity index (χ0n) is 11.3. The van der Waals surface area contributed by atoms with Gasteiger partial charge in [-0.2, -0.15) is 10.2 Å². The Hall–Kier alpha value is -1.30. The normalized spacial score (nSPS) is 16.1. The molecule has 20 heavy (non-hydrogen) atoms. The minimum Gasteiger partial charge on any atom is -0.379 e. The number of hydrogen-bond donors (Lipinski definition) is 0. The lowest BCUT2D eigenvalue weighted by Gasteiger charge is -2.37. The Morgan fingerprint density at radius 3 is 2.50 bits per heavy atom. The standard InChI is InChI=1S/C15H16BrN3O/c1-20-14-9-19(10-14)8-13-6-7-15(18-17-13)11-2-4-12(16)5-3-11/h2-7,14H,8-10H2,1H3. The predicted octanol–water partition coefficient (Wildman–Crippen LogP) is 2.74. The summed E-state index contributed by atoms with van der Waals surface area (Å²) in [6.07, 6.45) is 0.380. The molecule has 4 nitrogen and oxygen atoms in total. The number of nitrogens with zero attached hydrogens (tertiary/aromatic N) is 3. The molecule has 3 rings (SSSR count). The van der Waals surface area contributed by atoms with Crippen molar-refractivity contribution < 1.29 is 4.74 Å². The van der Waals surface area contributed by atoms with Gasteiger partial charge in [-0.25, -0.2) is 0 Å². The Balaban J connectivity index is 1.64. The van der Waals surface area contributed by atoms with Gasteiger partial charge in [0.1, 0.15) is 0 Å². The summed E-state index contributed by atoms with van der Waals surface area (Å²) < 4.78 is 6.33. The minimum absolute atomic E-state index is 0.380. The maximum Gasteiger partial charge on any atom is 0.0929 e. The average molecular weight is 334 g/mol. The lowest BCUT2D eigenvalue weighted by molar-refractivity contribution is -0.0340. The highest BCUT2D eigenvalue weighted by Crippen LogP contribution is 2.20. The van der Waals surface area contributed by atoms with Gasteiger partial charge >= 0.3 is 0 Å². The van der Waals surface area contributed by atoms with E-state index in [9.17, 15) is 0 Å². The van der Waals surface area contributed by atoms with Crippen LogP contribution in [-0.4, -0.2) is 41.4 Å². The van der Waals surface area contributed by atoms with Gasteiger partial charge in [0, 0.05) is 36.8 Å². The molecule has 5 heteroatoms. The summed E-state index contributed by atoms with van der Waals surface area (Å²) in [5.41, 5.74) is 2.98. The smallest absolute Gasteiger partial charge is 0.0929 e. The highest BCUT2D eigenvalue weighted by Gasteiger charge is 2.26. The largest absolute Gasteiger partial charge is 0.379 e. The van der Waals surface area contributed by atoms with Gasteiger partial charge in [-0.3, -0.25) is 4.90 Å². The summed E-state index contributed by atoms with van der Waals surface area (Å²) in [6, 6.07) is 12.2. The first kappa shape index (κ1) is 13.7. The first-order chi connectivity index (χ1) is 9.74. The summed E-state index contributed by atoms with van der Waals surface area (Å²) >= 11 is 3.43. The summed E-state index contributed by atoms with van der Waals surface area (Å²) in [7, 11) is 1.76. The summed E-state index contributed by atoms with van der Waals surface area (Å²) in [4.78, 5) is 2.30. The second kappa shape index (κ2) is 5.99. The lowest BCUT2D eigenvalue weighted by atomic mass is 10.1. The maximum absolute atomic E-state index is 5.26. The third kappa shape index (κ3) is 3.06. The second-order valence-electron chi connectivity index (χ2n) is 4.97. The van der Waals surface area contributed by atoms with E-state index in [1.807, 2.05) is 36.4 Å². The highest BCUT2D eigenvalue weighted by atomic mass is 79.9. The van der Waals surface area contributed by atoms with Crippen LogP contribution in [0.5, 0.6) is 0 Å². The summed E-state index contributed by atoms with van der Waals surface area (Å²) in [6.45, 7) is 2.80. The first-order valence-corrected chi connectivity index (χ1v) is 7.37. The van der Waals surface area contributed by atoms with Crippen molar-refractivity contribution in [1.29, 1.82) is 0 Å². The molecule has 1 aromatic heterocycles. The van der Waals surface area contributed by atoms with E-state index < -0.39 is 0 Å². The molecule has 0 radical (unpaired) electrons. The fraction of sp³-hybridized carbons (Fsp3) is 0.333. The van der Waals surface area contributed by atoms with E-state index in [0.717, 1.165) is 41.1 Å². The molecule has 1 fully saturated rings. The van der Waals surface area contributed by atoms with Crippen LogP contribution in [0.3, 0.4) is 0 Å². The van der Waals surface area contributed by atoms with Crippen LogP contribution in [0.25, 0.3) is 11.3 Å². The Kier molecular flexibility index (Phi) is 4.10. The molecule has 0 unspecified atom stereocenters. The van der Waals surface area contributed by atoms with Crippen molar-refractivity contribution in [2.75, 3.05) is 20.2 Å². The van der Waals surface area contributed by atoms with E-state index in [1.54, 1.807) is 7.11 Å². The molecule has 104 valence electrons. The van der Waals surface area contributed by atoms with Crippen LogP contribution in [0.2, 0.25) is 0 Å².